The summed E-state index contributed by atoms with van der Waals surface area (Å²) >= 11 is 6.15. The first kappa shape index (κ1) is 18.9. The lowest BCUT2D eigenvalue weighted by Gasteiger charge is -2.19. The van der Waals surface area contributed by atoms with Crippen molar-refractivity contribution in [3.8, 4) is 0 Å². The van der Waals surface area contributed by atoms with Gasteiger partial charge >= 0.3 is 0 Å². The number of sulfonamides is 1. The second-order valence-electron chi connectivity index (χ2n) is 6.39. The summed E-state index contributed by atoms with van der Waals surface area (Å²) in [5.41, 5.74) is 1.19. The second-order valence-corrected chi connectivity index (χ2v) is 8.74. The number of rotatable bonds is 5. The molecule has 7 heteroatoms. The average Bonchev–Trinajstić information content (AvgIpc) is 3.18. The van der Waals surface area contributed by atoms with Crippen LogP contribution in [0.2, 0.25) is 5.02 Å². The van der Waals surface area contributed by atoms with Crippen LogP contribution >= 0.6 is 11.6 Å². The van der Waals surface area contributed by atoms with E-state index < -0.39 is 10.0 Å². The topological polar surface area (TPSA) is 57.7 Å². The molecule has 0 saturated carbocycles. The van der Waals surface area contributed by atoms with Crippen molar-refractivity contribution in [2.24, 2.45) is 0 Å². The van der Waals surface area contributed by atoms with Crippen LogP contribution in [0, 0.1) is 0 Å². The predicted molar refractivity (Wildman–Crippen MR) is 102 cm³/mol. The molecule has 0 N–H and O–H groups in total. The van der Waals surface area contributed by atoms with E-state index in [2.05, 4.69) is 0 Å². The number of nitrogens with zero attached hydrogens (tertiary/aromatic N) is 2. The lowest BCUT2D eigenvalue weighted by Crippen LogP contribution is -2.29. The molecular formula is C19H21ClN2O3S. The molecule has 26 heavy (non-hydrogen) atoms. The molecule has 138 valence electrons. The fourth-order valence-corrected chi connectivity index (χ4v) is 4.80. The Bertz CT molecular complexity index is 909. The summed E-state index contributed by atoms with van der Waals surface area (Å²) in [6.07, 6.45) is 1.75. The van der Waals surface area contributed by atoms with Gasteiger partial charge in [0.25, 0.3) is 5.91 Å². The lowest BCUT2D eigenvalue weighted by atomic mass is 10.1. The maximum absolute atomic E-state index is 12.7. The van der Waals surface area contributed by atoms with Crippen LogP contribution in [0.4, 0.5) is 0 Å². The van der Waals surface area contributed by atoms with E-state index in [1.54, 1.807) is 31.3 Å². The summed E-state index contributed by atoms with van der Waals surface area (Å²) in [4.78, 5) is 14.4. The van der Waals surface area contributed by atoms with Gasteiger partial charge in [-0.05, 0) is 42.7 Å². The molecule has 1 aliphatic heterocycles. The molecule has 0 aromatic heterocycles. The number of halogens is 1. The van der Waals surface area contributed by atoms with Crippen LogP contribution in [0.1, 0.15) is 28.8 Å². The van der Waals surface area contributed by atoms with E-state index >= 15 is 0 Å². The molecule has 2 aromatic carbocycles. The lowest BCUT2D eigenvalue weighted by molar-refractivity contribution is 0.0785. The van der Waals surface area contributed by atoms with Crippen LogP contribution in [0.3, 0.4) is 0 Å². The van der Waals surface area contributed by atoms with E-state index in [9.17, 15) is 13.2 Å². The molecule has 2 aromatic rings. The van der Waals surface area contributed by atoms with Crippen LogP contribution < -0.4 is 0 Å². The summed E-state index contributed by atoms with van der Waals surface area (Å²) in [6.45, 7) is 1.42. The molecule has 0 radical (unpaired) electrons. The number of carbonyl (C=O) groups excluding carboxylic acids is 1. The summed E-state index contributed by atoms with van der Waals surface area (Å²) in [6, 6.07) is 13.6. The third-order valence-electron chi connectivity index (χ3n) is 4.50. The number of carbonyl (C=O) groups is 1. The maximum atomic E-state index is 12.7. The van der Waals surface area contributed by atoms with Crippen molar-refractivity contribution in [2.75, 3.05) is 20.1 Å². The summed E-state index contributed by atoms with van der Waals surface area (Å²) < 4.78 is 26.9. The predicted octanol–water partition coefficient (Wildman–Crippen LogP) is 3.40. The highest BCUT2D eigenvalue weighted by atomic mass is 35.5. The Morgan fingerprint density at radius 1 is 1.12 bits per heavy atom. The first-order chi connectivity index (χ1) is 12.4. The minimum absolute atomic E-state index is 0.163. The largest absolute Gasteiger partial charge is 0.337 e. The van der Waals surface area contributed by atoms with E-state index in [1.807, 2.05) is 18.2 Å². The molecule has 5 nitrogen and oxygen atoms in total. The Balaban J connectivity index is 1.81. The van der Waals surface area contributed by atoms with Gasteiger partial charge in [0, 0.05) is 37.3 Å². The van der Waals surface area contributed by atoms with Gasteiger partial charge in [-0.3, -0.25) is 4.79 Å². The maximum Gasteiger partial charge on any atom is 0.253 e. The smallest absolute Gasteiger partial charge is 0.253 e. The van der Waals surface area contributed by atoms with E-state index in [4.69, 9.17) is 11.6 Å². The molecule has 3 rings (SSSR count). The molecule has 1 heterocycles. The number of benzene rings is 2. The van der Waals surface area contributed by atoms with Crippen molar-refractivity contribution >= 4 is 27.5 Å². The van der Waals surface area contributed by atoms with Crippen molar-refractivity contribution in [1.29, 1.82) is 0 Å². The molecule has 0 atom stereocenters. The fraction of sp³-hybridized carbons (Fsp3) is 0.316. The Morgan fingerprint density at radius 2 is 1.81 bits per heavy atom. The van der Waals surface area contributed by atoms with E-state index in [-0.39, 0.29) is 10.8 Å². The van der Waals surface area contributed by atoms with E-state index in [0.29, 0.717) is 30.2 Å². The standard InChI is InChI=1S/C19H21ClN2O3S/c1-21(14-16-7-2-3-10-18(16)20)19(23)15-8-6-9-17(13-15)26(24,25)22-11-4-5-12-22/h2-3,6-10,13H,4-5,11-12,14H2,1H3. The third-order valence-corrected chi connectivity index (χ3v) is 6.76. The Kier molecular flexibility index (Phi) is 5.65. The second kappa shape index (κ2) is 7.78. The van der Waals surface area contributed by atoms with Gasteiger partial charge in [-0.15, -0.1) is 0 Å². The highest BCUT2D eigenvalue weighted by Gasteiger charge is 2.28. The summed E-state index contributed by atoms with van der Waals surface area (Å²) in [5, 5.41) is 0.595. The molecule has 1 amide bonds. The monoisotopic (exact) mass is 392 g/mol. The van der Waals surface area contributed by atoms with Crippen LogP contribution in [0.5, 0.6) is 0 Å². The first-order valence-electron chi connectivity index (χ1n) is 8.48. The molecule has 1 aliphatic rings. The zero-order chi connectivity index (χ0) is 18.7. The highest BCUT2D eigenvalue weighted by Crippen LogP contribution is 2.23. The SMILES string of the molecule is CN(Cc1ccccc1Cl)C(=O)c1cccc(S(=O)(=O)N2CCCC2)c1. The highest BCUT2D eigenvalue weighted by molar-refractivity contribution is 7.89. The van der Waals surface area contributed by atoms with Gasteiger partial charge in [0.1, 0.15) is 0 Å². The van der Waals surface area contributed by atoms with Crippen LogP contribution in [0.15, 0.2) is 53.4 Å². The molecule has 0 spiro atoms. The van der Waals surface area contributed by atoms with Gasteiger partial charge in [-0.2, -0.15) is 4.31 Å². The Labute approximate surface area is 159 Å². The van der Waals surface area contributed by atoms with Crippen LogP contribution in [-0.4, -0.2) is 43.7 Å². The normalized spacial score (nSPS) is 15.2. The number of hydrogen-bond acceptors (Lipinski definition) is 3. The molecular weight excluding hydrogens is 372 g/mol. The molecule has 1 fully saturated rings. The van der Waals surface area contributed by atoms with Gasteiger partial charge in [0.05, 0.1) is 4.90 Å². The molecule has 0 aliphatic carbocycles. The number of hydrogen-bond donors (Lipinski definition) is 0. The van der Waals surface area contributed by atoms with E-state index in [1.165, 1.54) is 15.3 Å². The van der Waals surface area contributed by atoms with Crippen molar-refractivity contribution in [3.05, 3.63) is 64.7 Å². The molecule has 0 unspecified atom stereocenters. The van der Waals surface area contributed by atoms with Crippen molar-refractivity contribution in [1.82, 2.24) is 9.21 Å². The van der Waals surface area contributed by atoms with Gasteiger partial charge in [0.2, 0.25) is 10.0 Å². The van der Waals surface area contributed by atoms with Crippen molar-refractivity contribution in [3.63, 3.8) is 0 Å². The van der Waals surface area contributed by atoms with Gasteiger partial charge in [0.15, 0.2) is 0 Å². The minimum Gasteiger partial charge on any atom is -0.337 e. The zero-order valence-electron chi connectivity index (χ0n) is 14.6. The average molecular weight is 393 g/mol. The van der Waals surface area contributed by atoms with Crippen molar-refractivity contribution < 1.29 is 13.2 Å². The van der Waals surface area contributed by atoms with Crippen LogP contribution in [0.25, 0.3) is 0 Å². The Hall–Kier alpha value is -1.89. The van der Waals surface area contributed by atoms with Gasteiger partial charge in [-0.1, -0.05) is 35.9 Å². The number of amides is 1. The zero-order valence-corrected chi connectivity index (χ0v) is 16.1. The van der Waals surface area contributed by atoms with Crippen molar-refractivity contribution in [2.45, 2.75) is 24.3 Å². The quantitative estimate of drug-likeness (QED) is 0.783. The van der Waals surface area contributed by atoms with Crippen LogP contribution in [-0.2, 0) is 16.6 Å². The first-order valence-corrected chi connectivity index (χ1v) is 10.3. The fourth-order valence-electron chi connectivity index (χ4n) is 3.04. The van der Waals surface area contributed by atoms with Gasteiger partial charge < -0.3 is 4.90 Å². The summed E-state index contributed by atoms with van der Waals surface area (Å²) in [7, 11) is -1.87. The Morgan fingerprint density at radius 3 is 2.50 bits per heavy atom. The third kappa shape index (κ3) is 3.92. The molecule has 1 saturated heterocycles. The van der Waals surface area contributed by atoms with E-state index in [0.717, 1.165) is 18.4 Å². The molecule has 0 bridgehead atoms. The minimum atomic E-state index is -3.54. The van der Waals surface area contributed by atoms with Gasteiger partial charge in [-0.25, -0.2) is 8.42 Å². The summed E-state index contributed by atoms with van der Waals surface area (Å²) in [5.74, 6) is -0.247.